The van der Waals surface area contributed by atoms with Crippen LogP contribution in [-0.2, 0) is 4.79 Å². The molecule has 6 nitrogen and oxygen atoms in total. The van der Waals surface area contributed by atoms with Crippen LogP contribution in [0.25, 0.3) is 11.4 Å². The maximum atomic E-state index is 12.7. The van der Waals surface area contributed by atoms with E-state index in [4.69, 9.17) is 11.6 Å². The van der Waals surface area contributed by atoms with E-state index < -0.39 is 0 Å². The Morgan fingerprint density at radius 3 is 2.52 bits per heavy atom. The van der Waals surface area contributed by atoms with Gasteiger partial charge in [-0.2, -0.15) is 0 Å². The lowest BCUT2D eigenvalue weighted by Gasteiger charge is -2.25. The summed E-state index contributed by atoms with van der Waals surface area (Å²) in [5, 5.41) is 13.5. The summed E-state index contributed by atoms with van der Waals surface area (Å²) in [7, 11) is 4.05. The molecule has 1 heterocycles. The Morgan fingerprint density at radius 1 is 1.12 bits per heavy atom. The van der Waals surface area contributed by atoms with Gasteiger partial charge in [-0.15, -0.1) is 10.2 Å². The fraction of sp³-hybridized carbons (Fsp3) is 0.400. The van der Waals surface area contributed by atoms with Crippen molar-refractivity contribution in [3.05, 3.63) is 65.2 Å². The van der Waals surface area contributed by atoms with Crippen molar-refractivity contribution in [2.75, 3.05) is 26.4 Å². The summed E-state index contributed by atoms with van der Waals surface area (Å²) in [6.45, 7) is 0.552. The van der Waals surface area contributed by atoms with E-state index in [0.29, 0.717) is 23.4 Å². The first kappa shape index (κ1) is 23.8. The fourth-order valence-corrected chi connectivity index (χ4v) is 5.41. The van der Waals surface area contributed by atoms with Crippen molar-refractivity contribution in [1.29, 1.82) is 0 Å². The van der Waals surface area contributed by atoms with Gasteiger partial charge in [-0.3, -0.25) is 9.36 Å². The van der Waals surface area contributed by atoms with E-state index >= 15 is 0 Å². The van der Waals surface area contributed by atoms with Crippen molar-refractivity contribution >= 4 is 29.3 Å². The number of carbonyl (C=O) groups is 1. The third kappa shape index (κ3) is 5.78. The minimum Gasteiger partial charge on any atom is -0.353 e. The summed E-state index contributed by atoms with van der Waals surface area (Å²) >= 11 is 7.90. The smallest absolute Gasteiger partial charge is 0.230 e. The van der Waals surface area contributed by atoms with Crippen LogP contribution in [-0.4, -0.2) is 52.0 Å². The van der Waals surface area contributed by atoms with Crippen molar-refractivity contribution in [2.24, 2.45) is 0 Å². The van der Waals surface area contributed by atoms with Crippen molar-refractivity contribution in [2.45, 2.75) is 42.9 Å². The molecule has 0 radical (unpaired) electrons. The SMILES string of the molecule is CN(C)C(CNC(=O)CSc1nnc(-c2ccccc2Cl)n1C1CCCC1)c1ccccc1. The molecule has 1 aliphatic carbocycles. The van der Waals surface area contributed by atoms with Gasteiger partial charge >= 0.3 is 0 Å². The second-order valence-electron chi connectivity index (χ2n) is 8.58. The second kappa shape index (κ2) is 11.2. The zero-order chi connectivity index (χ0) is 23.2. The highest BCUT2D eigenvalue weighted by Gasteiger charge is 2.26. The molecule has 0 spiro atoms. The zero-order valence-corrected chi connectivity index (χ0v) is 20.6. The molecule has 1 amide bonds. The van der Waals surface area contributed by atoms with E-state index in [1.165, 1.54) is 30.2 Å². The van der Waals surface area contributed by atoms with Crippen LogP contribution in [0.15, 0.2) is 59.8 Å². The molecule has 174 valence electrons. The molecular weight excluding hydrogens is 454 g/mol. The Kier molecular flexibility index (Phi) is 8.06. The van der Waals surface area contributed by atoms with E-state index in [2.05, 4.69) is 37.1 Å². The number of nitrogens with one attached hydrogen (secondary N) is 1. The van der Waals surface area contributed by atoms with Crippen LogP contribution in [0.1, 0.15) is 43.3 Å². The fourth-order valence-electron chi connectivity index (χ4n) is 4.36. The lowest BCUT2D eigenvalue weighted by atomic mass is 10.1. The number of aromatic nitrogens is 3. The first-order valence-corrected chi connectivity index (χ1v) is 12.7. The zero-order valence-electron chi connectivity index (χ0n) is 19.1. The predicted molar refractivity (Wildman–Crippen MR) is 135 cm³/mol. The molecule has 0 saturated heterocycles. The number of amides is 1. The predicted octanol–water partition coefficient (Wildman–Crippen LogP) is 5.22. The first-order valence-electron chi connectivity index (χ1n) is 11.3. The van der Waals surface area contributed by atoms with E-state index in [9.17, 15) is 4.79 Å². The van der Waals surface area contributed by atoms with Crippen LogP contribution >= 0.6 is 23.4 Å². The van der Waals surface area contributed by atoms with Crippen LogP contribution in [0.2, 0.25) is 5.02 Å². The molecule has 0 aliphatic heterocycles. The summed E-state index contributed by atoms with van der Waals surface area (Å²) < 4.78 is 2.19. The number of thioether (sulfide) groups is 1. The standard InChI is InChI=1S/C25H30ClN5OS/c1-30(2)22(18-10-4-3-5-11-18)16-27-23(32)17-33-25-29-28-24(20-14-8-9-15-21(20)26)31(25)19-12-6-7-13-19/h3-5,8-11,14-15,19,22H,6-7,12-13,16-17H2,1-2H3,(H,27,32). The Balaban J connectivity index is 1.44. The molecule has 3 aromatic rings. The van der Waals surface area contributed by atoms with Crippen molar-refractivity contribution in [3.63, 3.8) is 0 Å². The maximum absolute atomic E-state index is 12.7. The molecular formula is C25H30ClN5OS. The summed E-state index contributed by atoms with van der Waals surface area (Å²) in [6, 6.07) is 18.4. The van der Waals surface area contributed by atoms with Gasteiger partial charge in [-0.05, 0) is 44.6 Å². The topological polar surface area (TPSA) is 63.1 Å². The Hall–Kier alpha value is -2.35. The van der Waals surface area contributed by atoms with Crippen molar-refractivity contribution < 1.29 is 4.79 Å². The average molecular weight is 484 g/mol. The highest BCUT2D eigenvalue weighted by atomic mass is 35.5. The van der Waals surface area contributed by atoms with E-state index in [0.717, 1.165) is 29.4 Å². The quantitative estimate of drug-likeness (QED) is 0.422. The molecule has 2 aromatic carbocycles. The van der Waals surface area contributed by atoms with Gasteiger partial charge in [0.1, 0.15) is 0 Å². The highest BCUT2D eigenvalue weighted by Crippen LogP contribution is 2.38. The van der Waals surface area contributed by atoms with Gasteiger partial charge in [0.15, 0.2) is 11.0 Å². The third-order valence-corrected chi connectivity index (χ3v) is 7.37. The van der Waals surface area contributed by atoms with Crippen LogP contribution in [0.4, 0.5) is 0 Å². The normalized spacial score (nSPS) is 15.2. The van der Waals surface area contributed by atoms with Crippen LogP contribution < -0.4 is 5.32 Å². The number of likely N-dealkylation sites (N-methyl/N-ethyl adjacent to an activating group) is 1. The number of rotatable bonds is 9. The monoisotopic (exact) mass is 483 g/mol. The molecule has 33 heavy (non-hydrogen) atoms. The summed E-state index contributed by atoms with van der Waals surface area (Å²) in [5.74, 6) is 1.07. The van der Waals surface area contributed by atoms with Gasteiger partial charge in [0.25, 0.3) is 0 Å². The molecule has 1 N–H and O–H groups in total. The molecule has 4 rings (SSSR count). The van der Waals surface area contributed by atoms with Gasteiger partial charge in [-0.25, -0.2) is 0 Å². The molecule has 1 fully saturated rings. The number of halogens is 1. The summed E-state index contributed by atoms with van der Waals surface area (Å²) in [5.41, 5.74) is 2.06. The first-order chi connectivity index (χ1) is 16.0. The molecule has 1 aromatic heterocycles. The van der Waals surface area contributed by atoms with Crippen LogP contribution in [0, 0.1) is 0 Å². The van der Waals surface area contributed by atoms with Crippen molar-refractivity contribution in [1.82, 2.24) is 25.0 Å². The molecule has 8 heteroatoms. The van der Waals surface area contributed by atoms with Crippen molar-refractivity contribution in [3.8, 4) is 11.4 Å². The molecule has 1 aliphatic rings. The third-order valence-electron chi connectivity index (χ3n) is 6.10. The summed E-state index contributed by atoms with van der Waals surface area (Å²) in [4.78, 5) is 14.8. The van der Waals surface area contributed by atoms with Crippen LogP contribution in [0.5, 0.6) is 0 Å². The number of hydrogen-bond donors (Lipinski definition) is 1. The number of benzene rings is 2. The van der Waals surface area contributed by atoms with Crippen LogP contribution in [0.3, 0.4) is 0 Å². The van der Waals surface area contributed by atoms with E-state index in [1.54, 1.807) is 0 Å². The number of hydrogen-bond acceptors (Lipinski definition) is 5. The Bertz CT molecular complexity index is 1070. The Labute approximate surface area is 204 Å². The molecule has 1 atom stereocenters. The molecule has 1 saturated carbocycles. The number of carbonyl (C=O) groups excluding carboxylic acids is 1. The largest absolute Gasteiger partial charge is 0.353 e. The second-order valence-corrected chi connectivity index (χ2v) is 9.93. The van der Waals surface area contributed by atoms with Gasteiger partial charge in [0.2, 0.25) is 5.91 Å². The Morgan fingerprint density at radius 2 is 1.82 bits per heavy atom. The lowest BCUT2D eigenvalue weighted by molar-refractivity contribution is -0.118. The molecule has 1 unspecified atom stereocenters. The van der Waals surface area contributed by atoms with Gasteiger partial charge < -0.3 is 10.2 Å². The summed E-state index contributed by atoms with van der Waals surface area (Å²) in [6.07, 6.45) is 4.58. The van der Waals surface area contributed by atoms with Gasteiger partial charge in [0.05, 0.1) is 16.8 Å². The van der Waals surface area contributed by atoms with Gasteiger partial charge in [-0.1, -0.05) is 78.7 Å². The lowest BCUT2D eigenvalue weighted by Crippen LogP contribution is -2.35. The van der Waals surface area contributed by atoms with E-state index in [-0.39, 0.29) is 11.9 Å². The minimum atomic E-state index is -0.0111. The van der Waals surface area contributed by atoms with E-state index in [1.807, 2.05) is 56.6 Å². The minimum absolute atomic E-state index is 0.0111. The maximum Gasteiger partial charge on any atom is 0.230 e. The highest BCUT2D eigenvalue weighted by molar-refractivity contribution is 7.99. The average Bonchev–Trinajstić information content (AvgIpc) is 3.48. The molecule has 0 bridgehead atoms. The van der Waals surface area contributed by atoms with Gasteiger partial charge in [0, 0.05) is 18.2 Å². The number of nitrogens with zero attached hydrogens (tertiary/aromatic N) is 4.